The summed E-state index contributed by atoms with van der Waals surface area (Å²) in [5, 5.41) is 10.3. The molecule has 0 bridgehead atoms. The van der Waals surface area contributed by atoms with Crippen molar-refractivity contribution in [3.05, 3.63) is 75.7 Å². The first-order chi connectivity index (χ1) is 11.7. The van der Waals surface area contributed by atoms with Crippen LogP contribution in [0.3, 0.4) is 0 Å². The van der Waals surface area contributed by atoms with Gasteiger partial charge in [0.05, 0.1) is 6.54 Å². The Labute approximate surface area is 152 Å². The fraction of sp³-hybridized carbons (Fsp3) is 0.278. The van der Waals surface area contributed by atoms with E-state index in [9.17, 15) is 9.59 Å². The minimum atomic E-state index is -0.267. The van der Waals surface area contributed by atoms with Crippen LogP contribution < -0.4 is 16.2 Å². The molecular formula is C18H21ClN4O2. The molecule has 132 valence electrons. The fourth-order valence-electron chi connectivity index (χ4n) is 2.55. The van der Waals surface area contributed by atoms with Crippen molar-refractivity contribution in [1.82, 2.24) is 20.4 Å². The second-order valence-corrected chi connectivity index (χ2v) is 5.70. The molecule has 3 rings (SSSR count). The third kappa shape index (κ3) is 5.27. The molecule has 0 fully saturated rings. The molecule has 1 aliphatic rings. The van der Waals surface area contributed by atoms with Crippen molar-refractivity contribution < 1.29 is 4.79 Å². The van der Waals surface area contributed by atoms with Gasteiger partial charge in [0.2, 0.25) is 0 Å². The number of nitrogens with one attached hydrogen (secondary N) is 2. The number of nitrogens with zero attached hydrogens (tertiary/aromatic N) is 2. The van der Waals surface area contributed by atoms with Crippen molar-refractivity contribution in [2.45, 2.75) is 13.0 Å². The number of rotatable bonds is 5. The quantitative estimate of drug-likeness (QED) is 0.789. The van der Waals surface area contributed by atoms with Gasteiger partial charge < -0.3 is 10.6 Å². The van der Waals surface area contributed by atoms with E-state index in [0.717, 1.165) is 25.1 Å². The summed E-state index contributed by atoms with van der Waals surface area (Å²) in [5.41, 5.74) is 2.20. The lowest BCUT2D eigenvalue weighted by atomic mass is 10.1. The van der Waals surface area contributed by atoms with Crippen molar-refractivity contribution in [3.63, 3.8) is 0 Å². The molecule has 0 saturated heterocycles. The van der Waals surface area contributed by atoms with Gasteiger partial charge in [-0.2, -0.15) is 5.10 Å². The molecule has 0 spiro atoms. The molecule has 1 aromatic carbocycles. The highest BCUT2D eigenvalue weighted by Crippen LogP contribution is 2.03. The van der Waals surface area contributed by atoms with Gasteiger partial charge in [0, 0.05) is 19.2 Å². The van der Waals surface area contributed by atoms with Crippen molar-refractivity contribution in [3.8, 4) is 0 Å². The van der Waals surface area contributed by atoms with Gasteiger partial charge in [0.15, 0.2) is 0 Å². The standard InChI is InChI=1S/C18H20N4O2.ClH/c23-17-7-6-16(18(24)20-12-14-8-10-19-11-9-14)21-22(17)13-15-4-2-1-3-5-15;/h1-8,19H,9-13H2,(H,20,24);1H. The monoisotopic (exact) mass is 360 g/mol. The average Bonchev–Trinajstić information content (AvgIpc) is 2.63. The van der Waals surface area contributed by atoms with Gasteiger partial charge in [-0.25, -0.2) is 4.68 Å². The second kappa shape index (κ2) is 9.15. The Morgan fingerprint density at radius 2 is 2.00 bits per heavy atom. The number of carbonyl (C=O) groups is 1. The smallest absolute Gasteiger partial charge is 0.271 e. The van der Waals surface area contributed by atoms with Crippen molar-refractivity contribution in [1.29, 1.82) is 0 Å². The van der Waals surface area contributed by atoms with E-state index >= 15 is 0 Å². The Kier molecular flexibility index (Phi) is 6.91. The first-order valence-corrected chi connectivity index (χ1v) is 8.01. The van der Waals surface area contributed by atoms with Crippen LogP contribution in [0.5, 0.6) is 0 Å². The topological polar surface area (TPSA) is 76.0 Å². The highest BCUT2D eigenvalue weighted by molar-refractivity contribution is 5.92. The first-order valence-electron chi connectivity index (χ1n) is 8.01. The van der Waals surface area contributed by atoms with E-state index in [1.807, 2.05) is 30.3 Å². The minimum Gasteiger partial charge on any atom is -0.347 e. The molecule has 1 amide bonds. The lowest BCUT2D eigenvalue weighted by Gasteiger charge is -2.14. The predicted octanol–water partition coefficient (Wildman–Crippen LogP) is 1.36. The van der Waals surface area contributed by atoms with E-state index in [4.69, 9.17) is 0 Å². The number of aromatic nitrogens is 2. The largest absolute Gasteiger partial charge is 0.347 e. The molecule has 25 heavy (non-hydrogen) atoms. The molecule has 0 aliphatic carbocycles. The second-order valence-electron chi connectivity index (χ2n) is 5.70. The molecule has 7 heteroatoms. The lowest BCUT2D eigenvalue weighted by molar-refractivity contribution is 0.0949. The van der Waals surface area contributed by atoms with E-state index < -0.39 is 0 Å². The number of amides is 1. The summed E-state index contributed by atoms with van der Waals surface area (Å²) in [7, 11) is 0. The minimum absolute atomic E-state index is 0. The number of hydrogen-bond donors (Lipinski definition) is 2. The first kappa shape index (κ1) is 18.9. The van der Waals surface area contributed by atoms with Gasteiger partial charge >= 0.3 is 0 Å². The highest BCUT2D eigenvalue weighted by Gasteiger charge is 2.11. The van der Waals surface area contributed by atoms with E-state index in [2.05, 4.69) is 21.8 Å². The summed E-state index contributed by atoms with van der Waals surface area (Å²) in [6.07, 6.45) is 3.02. The summed E-state index contributed by atoms with van der Waals surface area (Å²) in [6.45, 7) is 2.63. The van der Waals surface area contributed by atoms with Crippen LogP contribution >= 0.6 is 12.4 Å². The van der Waals surface area contributed by atoms with Crippen molar-refractivity contribution in [2.24, 2.45) is 0 Å². The van der Waals surface area contributed by atoms with Crippen LogP contribution in [0, 0.1) is 0 Å². The van der Waals surface area contributed by atoms with Crippen molar-refractivity contribution >= 4 is 18.3 Å². The van der Waals surface area contributed by atoms with Gasteiger partial charge in [0.25, 0.3) is 11.5 Å². The van der Waals surface area contributed by atoms with Crippen molar-refractivity contribution in [2.75, 3.05) is 19.6 Å². The van der Waals surface area contributed by atoms with Gasteiger partial charge in [0.1, 0.15) is 5.69 Å². The van der Waals surface area contributed by atoms with Crippen LogP contribution in [0.4, 0.5) is 0 Å². The zero-order valence-corrected chi connectivity index (χ0v) is 14.6. The van der Waals surface area contributed by atoms with Gasteiger partial charge in [-0.3, -0.25) is 9.59 Å². The van der Waals surface area contributed by atoms with Crippen LogP contribution in [0.25, 0.3) is 0 Å². The van der Waals surface area contributed by atoms with Crippen LogP contribution in [-0.2, 0) is 6.54 Å². The Hall–Kier alpha value is -2.44. The molecule has 0 saturated carbocycles. The summed E-state index contributed by atoms with van der Waals surface area (Å²) in [6, 6.07) is 12.4. The molecule has 6 nitrogen and oxygen atoms in total. The number of benzene rings is 1. The van der Waals surface area contributed by atoms with E-state index in [1.54, 1.807) is 0 Å². The van der Waals surface area contributed by atoms with Crippen LogP contribution in [-0.4, -0.2) is 35.3 Å². The highest BCUT2D eigenvalue weighted by atomic mass is 35.5. The zero-order valence-electron chi connectivity index (χ0n) is 13.8. The summed E-state index contributed by atoms with van der Waals surface area (Å²) < 4.78 is 1.31. The molecule has 1 aromatic heterocycles. The number of hydrogen-bond acceptors (Lipinski definition) is 4. The normalized spacial score (nSPS) is 13.5. The Balaban J connectivity index is 0.00000225. The van der Waals surface area contributed by atoms with Crippen LogP contribution in [0.15, 0.2) is 58.9 Å². The predicted molar refractivity (Wildman–Crippen MR) is 99.2 cm³/mol. The van der Waals surface area contributed by atoms with Gasteiger partial charge in [-0.15, -0.1) is 12.4 Å². The molecule has 0 radical (unpaired) electrons. The molecule has 0 atom stereocenters. The molecule has 0 unspecified atom stereocenters. The zero-order chi connectivity index (χ0) is 16.8. The Morgan fingerprint density at radius 1 is 1.20 bits per heavy atom. The molecule has 2 heterocycles. The maximum atomic E-state index is 12.3. The summed E-state index contributed by atoms with van der Waals surface area (Å²) in [4.78, 5) is 24.2. The average molecular weight is 361 g/mol. The van der Waals surface area contributed by atoms with Crippen LogP contribution in [0.1, 0.15) is 22.5 Å². The van der Waals surface area contributed by atoms with Gasteiger partial charge in [-0.05, 0) is 24.6 Å². The Morgan fingerprint density at radius 3 is 2.72 bits per heavy atom. The maximum Gasteiger partial charge on any atom is 0.271 e. The van der Waals surface area contributed by atoms with Crippen LogP contribution in [0.2, 0.25) is 0 Å². The maximum absolute atomic E-state index is 12.3. The third-order valence-corrected chi connectivity index (χ3v) is 3.91. The van der Waals surface area contributed by atoms with Gasteiger partial charge in [-0.1, -0.05) is 42.0 Å². The Bertz CT molecular complexity index is 802. The van der Waals surface area contributed by atoms with E-state index in [-0.39, 0.29) is 29.6 Å². The molecule has 1 aliphatic heterocycles. The third-order valence-electron chi connectivity index (χ3n) is 3.91. The fourth-order valence-corrected chi connectivity index (χ4v) is 2.55. The molecule has 2 N–H and O–H groups in total. The summed E-state index contributed by atoms with van der Waals surface area (Å²) in [5.74, 6) is -0.267. The summed E-state index contributed by atoms with van der Waals surface area (Å²) >= 11 is 0. The SMILES string of the molecule is Cl.O=C(NCC1=CCNCC1)c1ccc(=O)n(Cc2ccccc2)n1. The molecule has 2 aromatic rings. The number of halogens is 1. The van der Waals surface area contributed by atoms with E-state index in [1.165, 1.54) is 22.4 Å². The lowest BCUT2D eigenvalue weighted by Crippen LogP contribution is -2.32. The molecular weight excluding hydrogens is 340 g/mol. The number of carbonyl (C=O) groups excluding carboxylic acids is 1. The van der Waals surface area contributed by atoms with E-state index in [0.29, 0.717) is 13.1 Å².